The fraction of sp³-hybridized carbons (Fsp3) is 0.556. The lowest BCUT2D eigenvalue weighted by atomic mass is 10.3. The van der Waals surface area contributed by atoms with Crippen LogP contribution in [-0.2, 0) is 6.42 Å². The number of fused-ring (bicyclic) bond motifs is 1. The Hall–Kier alpha value is -0.480. The van der Waals surface area contributed by atoms with E-state index in [-0.39, 0.29) is 0 Å². The molecule has 0 radical (unpaired) electrons. The molecule has 1 aliphatic rings. The van der Waals surface area contributed by atoms with E-state index in [0.29, 0.717) is 5.28 Å². The quantitative estimate of drug-likeness (QED) is 0.728. The minimum atomic E-state index is 0.363. The molecule has 0 amide bonds. The largest absolute Gasteiger partial charge is 0.359 e. The van der Waals surface area contributed by atoms with Crippen molar-refractivity contribution in [1.29, 1.82) is 0 Å². The fourth-order valence-corrected chi connectivity index (χ4v) is 2.76. The summed E-state index contributed by atoms with van der Waals surface area (Å²) in [5.41, 5.74) is 1.10. The van der Waals surface area contributed by atoms with Gasteiger partial charge in [-0.15, -0.1) is 11.8 Å². The van der Waals surface area contributed by atoms with E-state index in [4.69, 9.17) is 11.6 Å². The van der Waals surface area contributed by atoms with Crippen LogP contribution in [0.5, 0.6) is 0 Å². The minimum absolute atomic E-state index is 0.363. The molecule has 0 bridgehead atoms. The highest BCUT2D eigenvalue weighted by atomic mass is 35.5. The maximum Gasteiger partial charge on any atom is 0.224 e. The van der Waals surface area contributed by atoms with Crippen molar-refractivity contribution in [3.8, 4) is 0 Å². The van der Waals surface area contributed by atoms with Crippen LogP contribution in [0.3, 0.4) is 0 Å². The standard InChI is InChI=1S/C9H12ClN3S/c1-3-13(2)8-7-6(4-5-14-7)11-9(10)12-8/h3-5H2,1-2H3. The highest BCUT2D eigenvalue weighted by Crippen LogP contribution is 2.37. The third-order valence-electron chi connectivity index (χ3n) is 2.31. The molecule has 0 spiro atoms. The van der Waals surface area contributed by atoms with Crippen LogP contribution in [0.25, 0.3) is 0 Å². The van der Waals surface area contributed by atoms with Crippen molar-refractivity contribution in [2.24, 2.45) is 0 Å². The van der Waals surface area contributed by atoms with Crippen LogP contribution in [0.15, 0.2) is 4.90 Å². The molecule has 2 rings (SSSR count). The molecule has 76 valence electrons. The van der Waals surface area contributed by atoms with Crippen LogP contribution in [0, 0.1) is 0 Å². The van der Waals surface area contributed by atoms with Crippen LogP contribution < -0.4 is 4.90 Å². The second-order valence-corrected chi connectivity index (χ2v) is 4.65. The third-order valence-corrected chi connectivity index (χ3v) is 3.60. The number of nitrogens with zero attached hydrogens (tertiary/aromatic N) is 3. The van der Waals surface area contributed by atoms with Crippen LogP contribution >= 0.6 is 23.4 Å². The second kappa shape index (κ2) is 3.95. The molecule has 0 N–H and O–H groups in total. The first-order valence-electron chi connectivity index (χ1n) is 4.62. The molecule has 0 fully saturated rings. The summed E-state index contributed by atoms with van der Waals surface area (Å²) < 4.78 is 0. The summed E-state index contributed by atoms with van der Waals surface area (Å²) in [7, 11) is 2.03. The Kier molecular flexibility index (Phi) is 2.83. The smallest absolute Gasteiger partial charge is 0.224 e. The predicted octanol–water partition coefficient (Wildman–Crippen LogP) is 2.23. The number of rotatable bonds is 2. The van der Waals surface area contributed by atoms with Gasteiger partial charge in [0.05, 0.1) is 10.6 Å². The van der Waals surface area contributed by atoms with Gasteiger partial charge in [-0.3, -0.25) is 0 Å². The van der Waals surface area contributed by atoms with Gasteiger partial charge >= 0.3 is 0 Å². The van der Waals surface area contributed by atoms with Gasteiger partial charge in [-0.25, -0.2) is 4.98 Å². The van der Waals surface area contributed by atoms with Gasteiger partial charge in [0.1, 0.15) is 5.82 Å². The van der Waals surface area contributed by atoms with Crippen molar-refractivity contribution in [3.63, 3.8) is 0 Å². The molecular formula is C9H12ClN3S. The Morgan fingerprint density at radius 1 is 1.50 bits per heavy atom. The number of aryl methyl sites for hydroxylation is 1. The monoisotopic (exact) mass is 229 g/mol. The van der Waals surface area contributed by atoms with Crippen LogP contribution in [0.4, 0.5) is 5.82 Å². The minimum Gasteiger partial charge on any atom is -0.359 e. The first-order chi connectivity index (χ1) is 6.72. The number of anilines is 1. The van der Waals surface area contributed by atoms with Crippen LogP contribution in [0.1, 0.15) is 12.6 Å². The second-order valence-electron chi connectivity index (χ2n) is 3.20. The maximum absolute atomic E-state index is 5.87. The molecule has 0 aromatic carbocycles. The molecule has 0 atom stereocenters. The zero-order valence-corrected chi connectivity index (χ0v) is 9.82. The van der Waals surface area contributed by atoms with Gasteiger partial charge in [-0.1, -0.05) is 0 Å². The number of hydrogen-bond acceptors (Lipinski definition) is 4. The Labute approximate surface area is 92.9 Å². The lowest BCUT2D eigenvalue weighted by Crippen LogP contribution is -2.18. The highest BCUT2D eigenvalue weighted by Gasteiger charge is 2.21. The topological polar surface area (TPSA) is 29.0 Å². The SMILES string of the molecule is CCN(C)c1nc(Cl)nc2c1SCC2. The Balaban J connectivity index is 2.48. The molecule has 0 saturated carbocycles. The normalized spacial score (nSPS) is 14.2. The Morgan fingerprint density at radius 3 is 3.00 bits per heavy atom. The predicted molar refractivity (Wildman–Crippen MR) is 60.4 cm³/mol. The summed E-state index contributed by atoms with van der Waals surface area (Å²) in [6, 6.07) is 0. The van der Waals surface area contributed by atoms with Crippen molar-refractivity contribution in [3.05, 3.63) is 11.0 Å². The molecule has 1 aromatic heterocycles. The van der Waals surface area contributed by atoms with Crippen LogP contribution in [-0.4, -0.2) is 29.3 Å². The molecule has 0 saturated heterocycles. The first-order valence-corrected chi connectivity index (χ1v) is 5.99. The third kappa shape index (κ3) is 1.68. The van der Waals surface area contributed by atoms with Crippen molar-refractivity contribution in [2.75, 3.05) is 24.2 Å². The maximum atomic E-state index is 5.87. The summed E-state index contributed by atoms with van der Waals surface area (Å²) in [5, 5.41) is 0.363. The summed E-state index contributed by atoms with van der Waals surface area (Å²) in [6.07, 6.45) is 1.01. The highest BCUT2D eigenvalue weighted by molar-refractivity contribution is 7.99. The molecular weight excluding hydrogens is 218 g/mol. The van der Waals surface area contributed by atoms with E-state index in [1.54, 1.807) is 0 Å². The van der Waals surface area contributed by atoms with E-state index in [1.807, 2.05) is 18.8 Å². The molecule has 0 aliphatic carbocycles. The van der Waals surface area contributed by atoms with E-state index in [2.05, 4.69) is 21.8 Å². The lowest BCUT2D eigenvalue weighted by molar-refractivity contribution is 0.882. The van der Waals surface area contributed by atoms with Crippen molar-refractivity contribution in [2.45, 2.75) is 18.2 Å². The summed E-state index contributed by atoms with van der Waals surface area (Å²) >= 11 is 7.69. The zero-order valence-electron chi connectivity index (χ0n) is 8.25. The number of thioether (sulfide) groups is 1. The Morgan fingerprint density at radius 2 is 2.29 bits per heavy atom. The van der Waals surface area contributed by atoms with Gasteiger partial charge in [0, 0.05) is 25.8 Å². The van der Waals surface area contributed by atoms with E-state index >= 15 is 0 Å². The van der Waals surface area contributed by atoms with Gasteiger partial charge in [0.15, 0.2) is 0 Å². The van der Waals surface area contributed by atoms with E-state index in [9.17, 15) is 0 Å². The van der Waals surface area contributed by atoms with Gasteiger partial charge in [-0.2, -0.15) is 4.98 Å². The molecule has 1 aliphatic heterocycles. The van der Waals surface area contributed by atoms with Crippen molar-refractivity contribution in [1.82, 2.24) is 9.97 Å². The summed E-state index contributed by atoms with van der Waals surface area (Å²) in [5.74, 6) is 2.07. The Bertz CT molecular complexity index is 356. The lowest BCUT2D eigenvalue weighted by Gasteiger charge is -2.18. The number of hydrogen-bond donors (Lipinski definition) is 0. The molecule has 14 heavy (non-hydrogen) atoms. The van der Waals surface area contributed by atoms with Gasteiger partial charge < -0.3 is 4.90 Å². The average molecular weight is 230 g/mol. The number of aromatic nitrogens is 2. The first kappa shape index (κ1) is 10.1. The number of halogens is 1. The van der Waals surface area contributed by atoms with E-state index in [1.165, 1.54) is 4.90 Å². The van der Waals surface area contributed by atoms with Gasteiger partial charge in [0.25, 0.3) is 0 Å². The molecule has 5 heteroatoms. The fourth-order valence-electron chi connectivity index (χ4n) is 1.43. The summed E-state index contributed by atoms with van der Waals surface area (Å²) in [6.45, 7) is 3.03. The van der Waals surface area contributed by atoms with E-state index in [0.717, 1.165) is 30.2 Å². The van der Waals surface area contributed by atoms with E-state index < -0.39 is 0 Å². The van der Waals surface area contributed by atoms with Crippen molar-refractivity contribution < 1.29 is 0 Å². The van der Waals surface area contributed by atoms with Crippen molar-refractivity contribution >= 4 is 29.2 Å². The average Bonchev–Trinajstić information content (AvgIpc) is 2.62. The molecule has 1 aromatic rings. The molecule has 3 nitrogen and oxygen atoms in total. The molecule has 0 unspecified atom stereocenters. The molecule has 2 heterocycles. The zero-order chi connectivity index (χ0) is 10.1. The van der Waals surface area contributed by atoms with Crippen LogP contribution in [0.2, 0.25) is 5.28 Å². The summed E-state index contributed by atoms with van der Waals surface area (Å²) in [4.78, 5) is 11.8. The van der Waals surface area contributed by atoms with Gasteiger partial charge in [-0.05, 0) is 18.5 Å². The van der Waals surface area contributed by atoms with Gasteiger partial charge in [0.2, 0.25) is 5.28 Å².